The number of aryl methyl sites for hydroxylation is 1. The van der Waals surface area contributed by atoms with E-state index in [1.165, 1.54) is 29.5 Å². The number of hydrogen-bond donors (Lipinski definition) is 0. The Morgan fingerprint density at radius 1 is 0.870 bits per heavy atom. The summed E-state index contributed by atoms with van der Waals surface area (Å²) in [7, 11) is 0. The van der Waals surface area contributed by atoms with E-state index in [4.69, 9.17) is 0 Å². The average Bonchev–Trinajstić information content (AvgIpc) is 2.48. The van der Waals surface area contributed by atoms with Gasteiger partial charge in [-0.05, 0) is 77.0 Å². The van der Waals surface area contributed by atoms with E-state index < -0.39 is 0 Å². The highest BCUT2D eigenvalue weighted by Crippen LogP contribution is 2.46. The van der Waals surface area contributed by atoms with Gasteiger partial charge in [0.25, 0.3) is 0 Å². The molecule has 0 aliphatic heterocycles. The Morgan fingerprint density at radius 2 is 1.39 bits per heavy atom. The molecule has 0 radical (unpaired) electrons. The predicted octanol–water partition coefficient (Wildman–Crippen LogP) is 6.70. The smallest absolute Gasteiger partial charge is 0.0175 e. The van der Waals surface area contributed by atoms with Crippen LogP contribution in [0.25, 0.3) is 0 Å². The third kappa shape index (κ3) is 3.26. The van der Waals surface area contributed by atoms with Crippen LogP contribution in [-0.4, -0.2) is 0 Å². The Labute approximate surface area is 149 Å². The summed E-state index contributed by atoms with van der Waals surface area (Å²) in [5.41, 5.74) is 7.98. The maximum Gasteiger partial charge on any atom is 0.0175 e. The standard InChI is InChI=1S/C22H27Br/c1-15-12-19-20(22(4,5)11-10-21(19,2)3)14-17(15)13-16-6-8-18(23)9-7-16/h6-9,12,14H,10-11,13H2,1-5H3. The van der Waals surface area contributed by atoms with E-state index >= 15 is 0 Å². The minimum atomic E-state index is 0.285. The van der Waals surface area contributed by atoms with Gasteiger partial charge in [0, 0.05) is 4.47 Å². The highest BCUT2D eigenvalue weighted by Gasteiger charge is 2.37. The van der Waals surface area contributed by atoms with Gasteiger partial charge < -0.3 is 0 Å². The summed E-state index contributed by atoms with van der Waals surface area (Å²) in [5, 5.41) is 0. The van der Waals surface area contributed by atoms with E-state index in [1.54, 1.807) is 11.1 Å². The Hall–Kier alpha value is -1.08. The summed E-state index contributed by atoms with van der Waals surface area (Å²) >= 11 is 3.52. The first-order valence-electron chi connectivity index (χ1n) is 8.58. The minimum absolute atomic E-state index is 0.285. The second-order valence-corrected chi connectivity index (χ2v) is 9.31. The quantitative estimate of drug-likeness (QED) is 0.551. The van der Waals surface area contributed by atoms with Crippen LogP contribution in [0.3, 0.4) is 0 Å². The molecule has 0 nitrogen and oxygen atoms in total. The SMILES string of the molecule is Cc1cc2c(cc1Cc1ccc(Br)cc1)C(C)(C)CCC2(C)C. The molecule has 2 aromatic carbocycles. The Bertz CT molecular complexity index is 720. The van der Waals surface area contributed by atoms with E-state index in [0.717, 1.165) is 10.9 Å². The number of rotatable bonds is 2. The van der Waals surface area contributed by atoms with Crippen LogP contribution < -0.4 is 0 Å². The van der Waals surface area contributed by atoms with Gasteiger partial charge in [-0.3, -0.25) is 0 Å². The van der Waals surface area contributed by atoms with Gasteiger partial charge in [0.05, 0.1) is 0 Å². The second kappa shape index (κ2) is 5.77. The Balaban J connectivity index is 2.05. The maximum atomic E-state index is 3.52. The van der Waals surface area contributed by atoms with Gasteiger partial charge in [0.1, 0.15) is 0 Å². The molecule has 2 aromatic rings. The van der Waals surface area contributed by atoms with Crippen molar-refractivity contribution in [3.8, 4) is 0 Å². The molecule has 0 saturated heterocycles. The second-order valence-electron chi connectivity index (χ2n) is 8.40. The molecule has 0 aromatic heterocycles. The van der Waals surface area contributed by atoms with E-state index in [-0.39, 0.29) is 5.41 Å². The zero-order valence-electron chi connectivity index (χ0n) is 15.0. The fourth-order valence-corrected chi connectivity index (χ4v) is 4.04. The normalized spacial score (nSPS) is 18.5. The number of hydrogen-bond acceptors (Lipinski definition) is 0. The highest BCUT2D eigenvalue weighted by atomic mass is 79.9. The van der Waals surface area contributed by atoms with Crippen molar-refractivity contribution in [3.63, 3.8) is 0 Å². The number of benzene rings is 2. The molecule has 3 rings (SSSR count). The molecule has 1 aliphatic carbocycles. The third-order valence-electron chi connectivity index (χ3n) is 5.62. The topological polar surface area (TPSA) is 0 Å². The van der Waals surface area contributed by atoms with Crippen LogP contribution in [0.1, 0.15) is 68.4 Å². The molecule has 0 bridgehead atoms. The lowest BCUT2D eigenvalue weighted by Gasteiger charge is -2.42. The monoisotopic (exact) mass is 370 g/mol. The molecular formula is C22H27Br. The van der Waals surface area contributed by atoms with Gasteiger partial charge in [0.2, 0.25) is 0 Å². The highest BCUT2D eigenvalue weighted by molar-refractivity contribution is 9.10. The van der Waals surface area contributed by atoms with Crippen molar-refractivity contribution >= 4 is 15.9 Å². The molecule has 0 fully saturated rings. The molecule has 122 valence electrons. The molecule has 0 unspecified atom stereocenters. The molecule has 0 N–H and O–H groups in total. The molecule has 0 amide bonds. The summed E-state index contributed by atoms with van der Waals surface area (Å²) in [6.45, 7) is 11.9. The summed E-state index contributed by atoms with van der Waals surface area (Å²) in [6.07, 6.45) is 3.56. The molecule has 0 spiro atoms. The van der Waals surface area contributed by atoms with Crippen LogP contribution in [0.2, 0.25) is 0 Å². The Morgan fingerprint density at radius 3 is 1.96 bits per heavy atom. The van der Waals surface area contributed by atoms with Crippen molar-refractivity contribution in [2.24, 2.45) is 0 Å². The molecular weight excluding hydrogens is 344 g/mol. The van der Waals surface area contributed by atoms with Crippen molar-refractivity contribution in [2.45, 2.75) is 64.7 Å². The van der Waals surface area contributed by atoms with Crippen molar-refractivity contribution in [1.82, 2.24) is 0 Å². The zero-order valence-corrected chi connectivity index (χ0v) is 16.5. The molecule has 0 atom stereocenters. The summed E-state index contributed by atoms with van der Waals surface area (Å²) in [4.78, 5) is 0. The average molecular weight is 371 g/mol. The lowest BCUT2D eigenvalue weighted by molar-refractivity contribution is 0.331. The van der Waals surface area contributed by atoms with Crippen molar-refractivity contribution < 1.29 is 0 Å². The molecule has 0 saturated carbocycles. The first kappa shape index (κ1) is 16.8. The van der Waals surface area contributed by atoms with Gasteiger partial charge in [-0.1, -0.05) is 67.9 Å². The van der Waals surface area contributed by atoms with Crippen LogP contribution >= 0.6 is 15.9 Å². The van der Waals surface area contributed by atoms with Crippen molar-refractivity contribution in [2.75, 3.05) is 0 Å². The molecule has 23 heavy (non-hydrogen) atoms. The predicted molar refractivity (Wildman–Crippen MR) is 103 cm³/mol. The maximum absolute atomic E-state index is 3.52. The van der Waals surface area contributed by atoms with Gasteiger partial charge >= 0.3 is 0 Å². The summed E-state index contributed by atoms with van der Waals surface area (Å²) < 4.78 is 1.14. The number of halogens is 1. The first-order valence-corrected chi connectivity index (χ1v) is 9.37. The fraction of sp³-hybridized carbons (Fsp3) is 0.455. The van der Waals surface area contributed by atoms with Gasteiger partial charge in [0.15, 0.2) is 0 Å². The lowest BCUT2D eigenvalue weighted by Crippen LogP contribution is -2.34. The third-order valence-corrected chi connectivity index (χ3v) is 6.15. The molecule has 0 heterocycles. The summed E-state index contributed by atoms with van der Waals surface area (Å²) in [5.74, 6) is 0. The van der Waals surface area contributed by atoms with Crippen molar-refractivity contribution in [3.05, 3.63) is 68.7 Å². The summed E-state index contributed by atoms with van der Waals surface area (Å²) in [6, 6.07) is 13.7. The zero-order chi connectivity index (χ0) is 16.8. The van der Waals surface area contributed by atoms with Gasteiger partial charge in [-0.15, -0.1) is 0 Å². The minimum Gasteiger partial charge on any atom is -0.0576 e. The van der Waals surface area contributed by atoms with Crippen LogP contribution in [-0.2, 0) is 17.3 Å². The number of fused-ring (bicyclic) bond motifs is 1. The van der Waals surface area contributed by atoms with Crippen LogP contribution in [0.5, 0.6) is 0 Å². The van der Waals surface area contributed by atoms with E-state index in [9.17, 15) is 0 Å². The van der Waals surface area contributed by atoms with E-state index in [1.807, 2.05) is 0 Å². The van der Waals surface area contributed by atoms with Crippen molar-refractivity contribution in [1.29, 1.82) is 0 Å². The largest absolute Gasteiger partial charge is 0.0576 e. The molecule has 1 aliphatic rings. The van der Waals surface area contributed by atoms with Gasteiger partial charge in [-0.2, -0.15) is 0 Å². The van der Waals surface area contributed by atoms with Crippen LogP contribution in [0.15, 0.2) is 40.9 Å². The Kier molecular flexibility index (Phi) is 4.21. The first-order chi connectivity index (χ1) is 10.7. The lowest BCUT2D eigenvalue weighted by atomic mass is 9.62. The van der Waals surface area contributed by atoms with Gasteiger partial charge in [-0.25, -0.2) is 0 Å². The van der Waals surface area contributed by atoms with Crippen LogP contribution in [0, 0.1) is 6.92 Å². The fourth-order valence-electron chi connectivity index (χ4n) is 3.78. The van der Waals surface area contributed by atoms with E-state index in [0.29, 0.717) is 5.41 Å². The molecule has 1 heteroatoms. The van der Waals surface area contributed by atoms with Crippen LogP contribution in [0.4, 0.5) is 0 Å². The van der Waals surface area contributed by atoms with E-state index in [2.05, 4.69) is 86.9 Å².